The predicted octanol–water partition coefficient (Wildman–Crippen LogP) is 4.08. The Morgan fingerprint density at radius 2 is 1.81 bits per heavy atom. The molecule has 0 saturated heterocycles. The second kappa shape index (κ2) is 7.91. The van der Waals surface area contributed by atoms with Gasteiger partial charge >= 0.3 is 0 Å². The van der Waals surface area contributed by atoms with Gasteiger partial charge in [-0.15, -0.1) is 0 Å². The van der Waals surface area contributed by atoms with Gasteiger partial charge < -0.3 is 20.1 Å². The molecule has 0 radical (unpaired) electrons. The topological polar surface area (TPSA) is 68.3 Å². The molecule has 26 heavy (non-hydrogen) atoms. The van der Waals surface area contributed by atoms with Gasteiger partial charge in [0.25, 0.3) is 0 Å². The van der Waals surface area contributed by atoms with Gasteiger partial charge in [0.1, 0.15) is 17.3 Å². The first-order valence-electron chi connectivity index (χ1n) is 8.59. The Balaban J connectivity index is 1.87. The molecule has 6 nitrogen and oxygen atoms in total. The Hall–Kier alpha value is -3.02. The highest BCUT2D eigenvalue weighted by molar-refractivity contribution is 5.90. The second-order valence-electron chi connectivity index (χ2n) is 6.24. The fourth-order valence-electron chi connectivity index (χ4n) is 2.71. The van der Waals surface area contributed by atoms with Crippen LogP contribution in [0.5, 0.6) is 11.5 Å². The van der Waals surface area contributed by atoms with Gasteiger partial charge in [0.05, 0.1) is 19.7 Å². The van der Waals surface area contributed by atoms with Gasteiger partial charge in [-0.25, -0.2) is 4.98 Å². The number of aromatic nitrogens is 2. The van der Waals surface area contributed by atoms with Crippen molar-refractivity contribution in [3.05, 3.63) is 48.0 Å². The van der Waals surface area contributed by atoms with E-state index in [0.29, 0.717) is 12.5 Å². The van der Waals surface area contributed by atoms with Gasteiger partial charge in [-0.2, -0.15) is 4.98 Å². The smallest absolute Gasteiger partial charge is 0.225 e. The molecule has 3 rings (SSSR count). The van der Waals surface area contributed by atoms with E-state index < -0.39 is 0 Å². The monoisotopic (exact) mass is 352 g/mol. The first-order chi connectivity index (χ1) is 12.6. The van der Waals surface area contributed by atoms with Crippen molar-refractivity contribution in [1.82, 2.24) is 9.97 Å². The normalized spacial score (nSPS) is 10.8. The van der Waals surface area contributed by atoms with Gasteiger partial charge in [0.2, 0.25) is 5.95 Å². The molecule has 0 aliphatic carbocycles. The summed E-state index contributed by atoms with van der Waals surface area (Å²) in [6.45, 7) is 4.73. The molecule has 0 unspecified atom stereocenters. The van der Waals surface area contributed by atoms with Gasteiger partial charge in [0, 0.05) is 29.6 Å². The number of para-hydroxylation sites is 1. The summed E-state index contributed by atoms with van der Waals surface area (Å²) in [7, 11) is 3.29. The molecule has 2 N–H and O–H groups in total. The minimum atomic E-state index is 0.280. The number of benzene rings is 2. The molecule has 0 saturated carbocycles. The molecule has 0 amide bonds. The lowest BCUT2D eigenvalue weighted by atomic mass is 10.2. The third-order valence-corrected chi connectivity index (χ3v) is 3.96. The third-order valence-electron chi connectivity index (χ3n) is 3.96. The van der Waals surface area contributed by atoms with Crippen molar-refractivity contribution in [2.75, 3.05) is 24.9 Å². The number of hydrogen-bond acceptors (Lipinski definition) is 6. The van der Waals surface area contributed by atoms with Crippen molar-refractivity contribution in [2.24, 2.45) is 0 Å². The quantitative estimate of drug-likeness (QED) is 0.668. The molecular formula is C20H24N4O2. The highest BCUT2D eigenvalue weighted by Crippen LogP contribution is 2.26. The zero-order chi connectivity index (χ0) is 18.5. The van der Waals surface area contributed by atoms with Crippen LogP contribution in [0.15, 0.2) is 42.5 Å². The number of nitrogens with zero attached hydrogens (tertiary/aromatic N) is 2. The zero-order valence-corrected chi connectivity index (χ0v) is 15.5. The lowest BCUT2D eigenvalue weighted by Gasteiger charge is -2.15. The molecule has 0 aliphatic rings. The van der Waals surface area contributed by atoms with Crippen molar-refractivity contribution in [1.29, 1.82) is 0 Å². The van der Waals surface area contributed by atoms with Crippen LogP contribution in [0, 0.1) is 0 Å². The summed E-state index contributed by atoms with van der Waals surface area (Å²) in [6.07, 6.45) is 0. The predicted molar refractivity (Wildman–Crippen MR) is 105 cm³/mol. The largest absolute Gasteiger partial charge is 0.497 e. The standard InChI is InChI=1S/C20H24N4O2/c1-13(2)22-19-16-7-5-6-8-17(16)23-20(24-19)21-12-14-9-10-15(25-3)11-18(14)26-4/h5-11,13H,12H2,1-4H3,(H2,21,22,23,24). The average Bonchev–Trinajstić information content (AvgIpc) is 2.65. The summed E-state index contributed by atoms with van der Waals surface area (Å²) >= 11 is 0. The second-order valence-corrected chi connectivity index (χ2v) is 6.24. The number of ether oxygens (including phenoxy) is 2. The van der Waals surface area contributed by atoms with E-state index in [1.54, 1.807) is 14.2 Å². The molecular weight excluding hydrogens is 328 g/mol. The summed E-state index contributed by atoms with van der Waals surface area (Å²) in [4.78, 5) is 9.27. The molecule has 3 aromatic rings. The summed E-state index contributed by atoms with van der Waals surface area (Å²) in [5, 5.41) is 7.70. The van der Waals surface area contributed by atoms with Crippen LogP contribution in [-0.4, -0.2) is 30.2 Å². The third kappa shape index (κ3) is 3.96. The van der Waals surface area contributed by atoms with Crippen molar-refractivity contribution in [3.8, 4) is 11.5 Å². The van der Waals surface area contributed by atoms with E-state index in [1.807, 2.05) is 42.5 Å². The molecule has 0 bridgehead atoms. The van der Waals surface area contributed by atoms with E-state index in [2.05, 4.69) is 34.4 Å². The van der Waals surface area contributed by atoms with Crippen LogP contribution < -0.4 is 20.1 Å². The van der Waals surface area contributed by atoms with Crippen LogP contribution in [-0.2, 0) is 6.54 Å². The Kier molecular flexibility index (Phi) is 5.41. The highest BCUT2D eigenvalue weighted by atomic mass is 16.5. The van der Waals surface area contributed by atoms with Crippen LogP contribution in [0.4, 0.5) is 11.8 Å². The lowest BCUT2D eigenvalue weighted by molar-refractivity contribution is 0.391. The maximum Gasteiger partial charge on any atom is 0.225 e. The molecule has 0 spiro atoms. The zero-order valence-electron chi connectivity index (χ0n) is 15.5. The van der Waals surface area contributed by atoms with Gasteiger partial charge in [-0.05, 0) is 38.1 Å². The summed E-state index contributed by atoms with van der Waals surface area (Å²) in [6, 6.07) is 14.0. The molecule has 1 aromatic heterocycles. The Labute approximate surface area is 153 Å². The van der Waals surface area contributed by atoms with Crippen molar-refractivity contribution in [2.45, 2.75) is 26.4 Å². The minimum Gasteiger partial charge on any atom is -0.497 e. The van der Waals surface area contributed by atoms with Crippen LogP contribution in [0.2, 0.25) is 0 Å². The first-order valence-corrected chi connectivity index (χ1v) is 8.59. The molecule has 0 atom stereocenters. The fraction of sp³-hybridized carbons (Fsp3) is 0.300. The van der Waals surface area contributed by atoms with Crippen LogP contribution in [0.1, 0.15) is 19.4 Å². The Morgan fingerprint density at radius 1 is 1.00 bits per heavy atom. The number of anilines is 2. The van der Waals surface area contributed by atoms with Crippen LogP contribution in [0.25, 0.3) is 10.9 Å². The number of fused-ring (bicyclic) bond motifs is 1. The maximum absolute atomic E-state index is 5.45. The first kappa shape index (κ1) is 17.8. The molecule has 136 valence electrons. The van der Waals surface area contributed by atoms with Crippen molar-refractivity contribution in [3.63, 3.8) is 0 Å². The Bertz CT molecular complexity index is 896. The van der Waals surface area contributed by atoms with E-state index in [4.69, 9.17) is 9.47 Å². The van der Waals surface area contributed by atoms with E-state index in [0.717, 1.165) is 33.8 Å². The average molecular weight is 352 g/mol. The van der Waals surface area contributed by atoms with E-state index in [-0.39, 0.29) is 6.04 Å². The number of rotatable bonds is 7. The molecule has 0 aliphatic heterocycles. The maximum atomic E-state index is 5.45. The van der Waals surface area contributed by atoms with Gasteiger partial charge in [0.15, 0.2) is 0 Å². The summed E-state index contributed by atoms with van der Waals surface area (Å²) in [5.74, 6) is 2.92. The van der Waals surface area contributed by atoms with E-state index in [1.165, 1.54) is 0 Å². The lowest BCUT2D eigenvalue weighted by Crippen LogP contribution is -2.13. The van der Waals surface area contributed by atoms with Gasteiger partial charge in [-0.3, -0.25) is 0 Å². The molecule has 2 aromatic carbocycles. The summed E-state index contributed by atoms with van der Waals surface area (Å²) in [5.41, 5.74) is 1.90. The van der Waals surface area contributed by atoms with Crippen LogP contribution in [0.3, 0.4) is 0 Å². The molecule has 1 heterocycles. The Morgan fingerprint density at radius 3 is 2.54 bits per heavy atom. The van der Waals surface area contributed by atoms with Crippen molar-refractivity contribution < 1.29 is 9.47 Å². The van der Waals surface area contributed by atoms with Crippen molar-refractivity contribution >= 4 is 22.7 Å². The number of hydrogen-bond donors (Lipinski definition) is 2. The molecule has 6 heteroatoms. The van der Waals surface area contributed by atoms with Crippen LogP contribution >= 0.6 is 0 Å². The highest BCUT2D eigenvalue weighted by Gasteiger charge is 2.10. The van der Waals surface area contributed by atoms with E-state index >= 15 is 0 Å². The van der Waals surface area contributed by atoms with E-state index in [9.17, 15) is 0 Å². The fourth-order valence-corrected chi connectivity index (χ4v) is 2.71. The number of nitrogens with one attached hydrogen (secondary N) is 2. The number of methoxy groups -OCH3 is 2. The SMILES string of the molecule is COc1ccc(CNc2nc(NC(C)C)c3ccccc3n2)c(OC)c1. The minimum absolute atomic E-state index is 0.280. The molecule has 0 fully saturated rings. The van der Waals surface area contributed by atoms with Gasteiger partial charge in [-0.1, -0.05) is 12.1 Å². The summed E-state index contributed by atoms with van der Waals surface area (Å²) < 4.78 is 10.7.